The van der Waals surface area contributed by atoms with Gasteiger partial charge < -0.3 is 5.32 Å². The van der Waals surface area contributed by atoms with Crippen LogP contribution < -0.4 is 10.0 Å². The fourth-order valence-electron chi connectivity index (χ4n) is 1.98. The summed E-state index contributed by atoms with van der Waals surface area (Å²) in [5.74, 6) is 0.682. The van der Waals surface area contributed by atoms with Crippen molar-refractivity contribution in [2.24, 2.45) is 5.92 Å². The summed E-state index contributed by atoms with van der Waals surface area (Å²) in [5, 5.41) is 3.19. The van der Waals surface area contributed by atoms with Crippen molar-refractivity contribution in [2.75, 3.05) is 18.4 Å². The van der Waals surface area contributed by atoms with Crippen LogP contribution in [0.2, 0.25) is 0 Å². The lowest BCUT2D eigenvalue weighted by Gasteiger charge is -2.12. The van der Waals surface area contributed by atoms with E-state index in [1.165, 1.54) is 0 Å². The second-order valence-electron chi connectivity index (χ2n) is 5.09. The highest BCUT2D eigenvalue weighted by Gasteiger charge is 2.25. The van der Waals surface area contributed by atoms with Crippen LogP contribution in [-0.2, 0) is 10.0 Å². The molecule has 0 radical (unpaired) electrons. The minimum absolute atomic E-state index is 0.170. The normalized spacial score (nSPS) is 13.5. The molecule has 2 aromatic rings. The number of sulfonamides is 1. The number of pyridine rings is 1. The Labute approximate surface area is 125 Å². The summed E-state index contributed by atoms with van der Waals surface area (Å²) in [6.45, 7) is 6.99. The van der Waals surface area contributed by atoms with Crippen LogP contribution in [0.15, 0.2) is 29.4 Å². The minimum Gasteiger partial charge on any atom is -0.368 e. The molecule has 0 amide bonds. The molecule has 2 heterocycles. The van der Waals surface area contributed by atoms with Crippen LogP contribution in [0, 0.1) is 5.92 Å². The van der Waals surface area contributed by atoms with E-state index in [9.17, 15) is 8.42 Å². The fourth-order valence-corrected chi connectivity index (χ4v) is 3.40. The lowest BCUT2D eigenvalue weighted by atomic mass is 10.1. The molecule has 1 atom stereocenters. The number of fused-ring (bicyclic) bond motifs is 1. The zero-order chi connectivity index (χ0) is 15.5. The molecular formula is C14H22N4O2S. The maximum atomic E-state index is 12.6. The molecule has 0 aromatic carbocycles. The van der Waals surface area contributed by atoms with Crippen LogP contribution in [-0.4, -0.2) is 30.9 Å². The Morgan fingerprint density at radius 2 is 2.10 bits per heavy atom. The highest BCUT2D eigenvalue weighted by molar-refractivity contribution is 7.89. The van der Waals surface area contributed by atoms with Gasteiger partial charge in [0.15, 0.2) is 10.8 Å². The van der Waals surface area contributed by atoms with E-state index in [2.05, 4.69) is 15.0 Å². The van der Waals surface area contributed by atoms with Crippen LogP contribution in [0.4, 0.5) is 5.82 Å². The third-order valence-electron chi connectivity index (χ3n) is 3.40. The first-order valence-electron chi connectivity index (χ1n) is 7.20. The Bertz CT molecular complexity index is 709. The summed E-state index contributed by atoms with van der Waals surface area (Å²) in [5.41, 5.74) is 0.609. The van der Waals surface area contributed by atoms with Gasteiger partial charge in [-0.15, -0.1) is 0 Å². The molecule has 2 rings (SSSR count). The van der Waals surface area contributed by atoms with E-state index in [1.807, 2.05) is 26.8 Å². The Morgan fingerprint density at radius 1 is 1.33 bits per heavy atom. The highest BCUT2D eigenvalue weighted by Crippen LogP contribution is 2.22. The molecule has 0 aliphatic rings. The van der Waals surface area contributed by atoms with Gasteiger partial charge in [-0.1, -0.05) is 26.3 Å². The predicted molar refractivity (Wildman–Crippen MR) is 84.0 cm³/mol. The van der Waals surface area contributed by atoms with Crippen molar-refractivity contribution in [3.05, 3.63) is 24.4 Å². The molecule has 116 valence electrons. The van der Waals surface area contributed by atoms with E-state index in [0.717, 1.165) is 6.42 Å². The Morgan fingerprint density at radius 3 is 2.76 bits per heavy atom. The van der Waals surface area contributed by atoms with E-state index in [-0.39, 0.29) is 5.03 Å². The van der Waals surface area contributed by atoms with E-state index < -0.39 is 10.0 Å². The average Bonchev–Trinajstić information content (AvgIpc) is 2.84. The van der Waals surface area contributed by atoms with Crippen LogP contribution in [0.1, 0.15) is 27.2 Å². The summed E-state index contributed by atoms with van der Waals surface area (Å²) in [6, 6.07) is 5.41. The zero-order valence-electron chi connectivity index (χ0n) is 12.6. The molecule has 0 aliphatic heterocycles. The van der Waals surface area contributed by atoms with Gasteiger partial charge in [0.05, 0.1) is 0 Å². The van der Waals surface area contributed by atoms with Gasteiger partial charge in [-0.3, -0.25) is 4.40 Å². The third kappa shape index (κ3) is 3.36. The van der Waals surface area contributed by atoms with E-state index in [0.29, 0.717) is 30.5 Å². The molecule has 1 unspecified atom stereocenters. The average molecular weight is 310 g/mol. The molecule has 2 N–H and O–H groups in total. The van der Waals surface area contributed by atoms with Gasteiger partial charge in [-0.05, 0) is 25.0 Å². The minimum atomic E-state index is -3.61. The summed E-state index contributed by atoms with van der Waals surface area (Å²) in [4.78, 5) is 4.35. The third-order valence-corrected chi connectivity index (χ3v) is 4.85. The van der Waals surface area contributed by atoms with Crippen molar-refractivity contribution < 1.29 is 8.42 Å². The van der Waals surface area contributed by atoms with Crippen molar-refractivity contribution >= 4 is 21.5 Å². The van der Waals surface area contributed by atoms with E-state index in [1.54, 1.807) is 22.7 Å². The van der Waals surface area contributed by atoms with Gasteiger partial charge in [0.2, 0.25) is 0 Å². The van der Waals surface area contributed by atoms with Crippen molar-refractivity contribution in [3.63, 3.8) is 0 Å². The van der Waals surface area contributed by atoms with Crippen molar-refractivity contribution in [2.45, 2.75) is 32.2 Å². The monoisotopic (exact) mass is 310 g/mol. The number of imidazole rings is 1. The zero-order valence-corrected chi connectivity index (χ0v) is 13.4. The first-order valence-corrected chi connectivity index (χ1v) is 8.68. The molecule has 0 aliphatic carbocycles. The maximum Gasteiger partial charge on any atom is 0.260 e. The number of hydrogen-bond acceptors (Lipinski definition) is 4. The lowest BCUT2D eigenvalue weighted by molar-refractivity contribution is 0.526. The van der Waals surface area contributed by atoms with Gasteiger partial charge in [-0.25, -0.2) is 18.1 Å². The van der Waals surface area contributed by atoms with Crippen molar-refractivity contribution in [1.29, 1.82) is 0 Å². The molecule has 0 spiro atoms. The number of nitrogens with zero attached hydrogens (tertiary/aromatic N) is 2. The topological polar surface area (TPSA) is 75.5 Å². The summed E-state index contributed by atoms with van der Waals surface area (Å²) >= 11 is 0. The number of aromatic nitrogens is 2. The highest BCUT2D eigenvalue weighted by atomic mass is 32.2. The first-order chi connectivity index (χ1) is 9.99. The van der Waals surface area contributed by atoms with Gasteiger partial charge in [-0.2, -0.15) is 0 Å². The van der Waals surface area contributed by atoms with Gasteiger partial charge >= 0.3 is 0 Å². The van der Waals surface area contributed by atoms with Crippen LogP contribution >= 0.6 is 0 Å². The lowest BCUT2D eigenvalue weighted by Crippen LogP contribution is -2.29. The standard InChI is InChI=1S/C14H22N4O2S/c1-4-11(3)10-16-21(19,20)14-13(15-5-2)17-12-8-6-7-9-18(12)14/h6-9,11,15-16H,4-5,10H2,1-3H3. The van der Waals surface area contributed by atoms with Crippen molar-refractivity contribution in [3.8, 4) is 0 Å². The van der Waals surface area contributed by atoms with Gasteiger partial charge in [0.25, 0.3) is 10.0 Å². The molecule has 21 heavy (non-hydrogen) atoms. The Kier molecular flexibility index (Phi) is 4.84. The van der Waals surface area contributed by atoms with Crippen LogP contribution in [0.25, 0.3) is 5.65 Å². The molecule has 7 heteroatoms. The second kappa shape index (κ2) is 6.44. The number of rotatable bonds is 7. The fraction of sp³-hybridized carbons (Fsp3) is 0.500. The first kappa shape index (κ1) is 15.8. The number of hydrogen-bond donors (Lipinski definition) is 2. The number of anilines is 1. The molecular weight excluding hydrogens is 288 g/mol. The van der Waals surface area contributed by atoms with E-state index >= 15 is 0 Å². The van der Waals surface area contributed by atoms with Crippen LogP contribution in [0.3, 0.4) is 0 Å². The molecule has 0 saturated heterocycles. The quantitative estimate of drug-likeness (QED) is 0.821. The summed E-state index contributed by atoms with van der Waals surface area (Å²) in [7, 11) is -3.61. The summed E-state index contributed by atoms with van der Waals surface area (Å²) in [6.07, 6.45) is 2.64. The Balaban J connectivity index is 2.45. The largest absolute Gasteiger partial charge is 0.368 e. The maximum absolute atomic E-state index is 12.6. The molecule has 0 saturated carbocycles. The van der Waals surface area contributed by atoms with E-state index in [4.69, 9.17) is 0 Å². The predicted octanol–water partition coefficient (Wildman–Crippen LogP) is 2.09. The number of nitrogens with one attached hydrogen (secondary N) is 2. The van der Waals surface area contributed by atoms with Crippen molar-refractivity contribution in [1.82, 2.24) is 14.1 Å². The second-order valence-corrected chi connectivity index (χ2v) is 6.77. The summed E-state index contributed by atoms with van der Waals surface area (Å²) < 4.78 is 29.5. The smallest absolute Gasteiger partial charge is 0.260 e. The molecule has 0 bridgehead atoms. The molecule has 0 fully saturated rings. The molecule has 6 nitrogen and oxygen atoms in total. The van der Waals surface area contributed by atoms with Gasteiger partial charge in [0.1, 0.15) is 5.65 Å². The van der Waals surface area contributed by atoms with Gasteiger partial charge in [0, 0.05) is 19.3 Å². The molecule has 2 aromatic heterocycles. The SMILES string of the molecule is CCNc1nc2ccccn2c1S(=O)(=O)NCC(C)CC. The van der Waals surface area contributed by atoms with Crippen LogP contribution in [0.5, 0.6) is 0 Å². The Hall–Kier alpha value is -1.60.